The highest BCUT2D eigenvalue weighted by Gasteiger charge is 2.40. The molecule has 2 aromatic rings. The predicted molar refractivity (Wildman–Crippen MR) is 104 cm³/mol. The molecule has 2 unspecified atom stereocenters. The molecule has 1 fully saturated rings. The zero-order valence-corrected chi connectivity index (χ0v) is 16.1. The van der Waals surface area contributed by atoms with Gasteiger partial charge in [-0.15, -0.1) is 0 Å². The van der Waals surface area contributed by atoms with E-state index in [9.17, 15) is 0 Å². The minimum atomic E-state index is 0.0383. The lowest BCUT2D eigenvalue weighted by Gasteiger charge is -2.28. The Balaban J connectivity index is 2.06. The first-order valence-electron chi connectivity index (χ1n) is 8.72. The molecule has 25 heavy (non-hydrogen) atoms. The van der Waals surface area contributed by atoms with E-state index < -0.39 is 0 Å². The molecule has 2 aromatic heterocycles. The normalized spacial score (nSPS) is 20.2. The fourth-order valence-electron chi connectivity index (χ4n) is 3.79. The lowest BCUT2D eigenvalue weighted by atomic mass is 9.97. The smallest absolute Gasteiger partial charge is 0.170 e. The van der Waals surface area contributed by atoms with Crippen LogP contribution in [0.15, 0.2) is 30.5 Å². The minimum absolute atomic E-state index is 0.0383. The number of pyridine rings is 1. The van der Waals surface area contributed by atoms with Gasteiger partial charge in [0.15, 0.2) is 5.11 Å². The predicted octanol–water partition coefficient (Wildman–Crippen LogP) is 3.14. The van der Waals surface area contributed by atoms with E-state index in [-0.39, 0.29) is 12.1 Å². The van der Waals surface area contributed by atoms with Crippen molar-refractivity contribution in [3.8, 4) is 0 Å². The maximum absolute atomic E-state index is 5.64. The van der Waals surface area contributed by atoms with Gasteiger partial charge in [-0.05, 0) is 56.8 Å². The van der Waals surface area contributed by atoms with E-state index in [1.165, 1.54) is 17.0 Å². The van der Waals surface area contributed by atoms with Gasteiger partial charge in [0.1, 0.15) is 0 Å². The number of aryl methyl sites for hydroxylation is 1. The maximum atomic E-state index is 5.64. The number of methoxy groups -OCH3 is 1. The third kappa shape index (κ3) is 3.28. The molecule has 1 N–H and O–H groups in total. The van der Waals surface area contributed by atoms with Crippen LogP contribution in [0.25, 0.3) is 0 Å². The molecule has 1 saturated heterocycles. The molecular formula is C19H26N4OS. The van der Waals surface area contributed by atoms with Crippen LogP contribution in [0.4, 0.5) is 0 Å². The van der Waals surface area contributed by atoms with Gasteiger partial charge in [0.2, 0.25) is 0 Å². The Hall–Kier alpha value is -1.92. The number of hydrogen-bond acceptors (Lipinski definition) is 3. The molecule has 0 aliphatic carbocycles. The molecule has 1 aliphatic rings. The van der Waals surface area contributed by atoms with Crippen molar-refractivity contribution >= 4 is 17.3 Å². The summed E-state index contributed by atoms with van der Waals surface area (Å²) in [5, 5.41) is 4.24. The van der Waals surface area contributed by atoms with Gasteiger partial charge in [-0.25, -0.2) is 0 Å². The number of thiocarbonyl (C=S) groups is 1. The molecule has 0 amide bonds. The maximum Gasteiger partial charge on any atom is 0.170 e. The van der Waals surface area contributed by atoms with Gasteiger partial charge in [0.25, 0.3) is 0 Å². The molecule has 134 valence electrons. The average molecular weight is 359 g/mol. The van der Waals surface area contributed by atoms with Crippen molar-refractivity contribution in [2.45, 2.75) is 39.4 Å². The zero-order chi connectivity index (χ0) is 18.0. The fourth-order valence-corrected chi connectivity index (χ4v) is 4.12. The second-order valence-corrected chi connectivity index (χ2v) is 6.77. The number of nitrogens with zero attached hydrogens (tertiary/aromatic N) is 3. The van der Waals surface area contributed by atoms with Crippen LogP contribution >= 0.6 is 12.2 Å². The van der Waals surface area contributed by atoms with Gasteiger partial charge in [0, 0.05) is 37.8 Å². The largest absolute Gasteiger partial charge is 0.383 e. The summed E-state index contributed by atoms with van der Waals surface area (Å²) >= 11 is 5.64. The Morgan fingerprint density at radius 2 is 2.12 bits per heavy atom. The standard InChI is InChI=1S/C19H26N4OS/c1-5-22-13(2)12-15(14(22)3)18-17(16-8-6-7-9-20-16)21-19(25)23(18)10-11-24-4/h6-9,12,17-18H,5,10-11H2,1-4H3,(H,21,25). The van der Waals surface area contributed by atoms with Crippen molar-refractivity contribution in [3.05, 3.63) is 53.1 Å². The number of hydrogen-bond donors (Lipinski definition) is 1. The van der Waals surface area contributed by atoms with E-state index in [4.69, 9.17) is 17.0 Å². The van der Waals surface area contributed by atoms with E-state index in [0.717, 1.165) is 23.9 Å². The molecule has 0 aromatic carbocycles. The van der Waals surface area contributed by atoms with Gasteiger partial charge < -0.3 is 19.5 Å². The zero-order valence-electron chi connectivity index (χ0n) is 15.3. The van der Waals surface area contributed by atoms with E-state index >= 15 is 0 Å². The fraction of sp³-hybridized carbons (Fsp3) is 0.474. The molecule has 0 radical (unpaired) electrons. The van der Waals surface area contributed by atoms with Crippen molar-refractivity contribution in [1.82, 2.24) is 19.8 Å². The van der Waals surface area contributed by atoms with E-state index in [2.05, 4.69) is 52.7 Å². The summed E-state index contributed by atoms with van der Waals surface area (Å²) in [4.78, 5) is 6.81. The Morgan fingerprint density at radius 3 is 2.72 bits per heavy atom. The van der Waals surface area contributed by atoms with E-state index in [1.807, 2.05) is 18.3 Å². The molecule has 3 heterocycles. The van der Waals surface area contributed by atoms with Crippen molar-refractivity contribution in [1.29, 1.82) is 0 Å². The van der Waals surface area contributed by atoms with Crippen LogP contribution < -0.4 is 5.32 Å². The second-order valence-electron chi connectivity index (χ2n) is 6.38. The van der Waals surface area contributed by atoms with Crippen molar-refractivity contribution in [3.63, 3.8) is 0 Å². The summed E-state index contributed by atoms with van der Waals surface area (Å²) in [6.45, 7) is 8.90. The van der Waals surface area contributed by atoms with Gasteiger partial charge in [0.05, 0.1) is 24.4 Å². The number of nitrogens with one attached hydrogen (secondary N) is 1. The van der Waals surface area contributed by atoms with Crippen LogP contribution in [0.3, 0.4) is 0 Å². The van der Waals surface area contributed by atoms with Crippen LogP contribution in [0.1, 0.15) is 41.7 Å². The van der Waals surface area contributed by atoms with Crippen LogP contribution in [0.2, 0.25) is 0 Å². The Kier molecular flexibility index (Phi) is 5.39. The van der Waals surface area contributed by atoms with Crippen molar-refractivity contribution in [2.75, 3.05) is 20.3 Å². The molecular weight excluding hydrogens is 332 g/mol. The first-order chi connectivity index (χ1) is 12.1. The minimum Gasteiger partial charge on any atom is -0.383 e. The topological polar surface area (TPSA) is 42.3 Å². The quantitative estimate of drug-likeness (QED) is 0.804. The second kappa shape index (κ2) is 7.54. The summed E-state index contributed by atoms with van der Waals surface area (Å²) in [5.74, 6) is 0. The third-order valence-corrected chi connectivity index (χ3v) is 5.33. The molecule has 3 rings (SSSR count). The van der Waals surface area contributed by atoms with Crippen LogP contribution in [-0.4, -0.2) is 39.8 Å². The Labute approximate surface area is 155 Å². The molecule has 2 atom stereocenters. The van der Waals surface area contributed by atoms with Crippen LogP contribution in [-0.2, 0) is 11.3 Å². The Morgan fingerprint density at radius 1 is 1.32 bits per heavy atom. The van der Waals surface area contributed by atoms with Crippen LogP contribution in [0, 0.1) is 13.8 Å². The van der Waals surface area contributed by atoms with E-state index in [0.29, 0.717) is 6.61 Å². The first kappa shape index (κ1) is 17.9. The summed E-state index contributed by atoms with van der Waals surface area (Å²) in [6, 6.07) is 8.47. The Bertz CT molecular complexity index is 743. The summed E-state index contributed by atoms with van der Waals surface area (Å²) in [7, 11) is 1.72. The van der Waals surface area contributed by atoms with Gasteiger partial charge in [-0.3, -0.25) is 4.98 Å². The average Bonchev–Trinajstić information content (AvgIpc) is 3.09. The van der Waals surface area contributed by atoms with Crippen LogP contribution in [0.5, 0.6) is 0 Å². The molecule has 5 nitrogen and oxygen atoms in total. The summed E-state index contributed by atoms with van der Waals surface area (Å²) in [5.41, 5.74) is 4.88. The highest BCUT2D eigenvalue weighted by Crippen LogP contribution is 2.40. The SMILES string of the molecule is CCn1c(C)cc(C2C(c3ccccn3)NC(=S)N2CCOC)c1C. The van der Waals surface area contributed by atoms with Crippen molar-refractivity contribution < 1.29 is 4.74 Å². The first-order valence-corrected chi connectivity index (χ1v) is 9.13. The molecule has 6 heteroatoms. The number of aromatic nitrogens is 2. The van der Waals surface area contributed by atoms with E-state index in [1.54, 1.807) is 7.11 Å². The lowest BCUT2D eigenvalue weighted by molar-refractivity contribution is 0.164. The van der Waals surface area contributed by atoms with Gasteiger partial charge in [-0.2, -0.15) is 0 Å². The summed E-state index contributed by atoms with van der Waals surface area (Å²) in [6.07, 6.45) is 1.84. The lowest BCUT2D eigenvalue weighted by Crippen LogP contribution is -2.32. The summed E-state index contributed by atoms with van der Waals surface area (Å²) < 4.78 is 7.66. The number of rotatable bonds is 6. The molecule has 0 spiro atoms. The molecule has 0 saturated carbocycles. The highest BCUT2D eigenvalue weighted by molar-refractivity contribution is 7.80. The monoisotopic (exact) mass is 358 g/mol. The molecule has 1 aliphatic heterocycles. The number of ether oxygens (including phenoxy) is 1. The molecule has 0 bridgehead atoms. The van der Waals surface area contributed by atoms with Gasteiger partial charge >= 0.3 is 0 Å². The third-order valence-electron chi connectivity index (χ3n) is 4.98. The van der Waals surface area contributed by atoms with Gasteiger partial charge in [-0.1, -0.05) is 6.07 Å². The van der Waals surface area contributed by atoms with Crippen molar-refractivity contribution in [2.24, 2.45) is 0 Å². The highest BCUT2D eigenvalue weighted by atomic mass is 32.1.